The fourth-order valence-corrected chi connectivity index (χ4v) is 1.72. The average molecular weight is 269 g/mol. The van der Waals surface area contributed by atoms with E-state index in [1.165, 1.54) is 0 Å². The van der Waals surface area contributed by atoms with E-state index in [-0.39, 0.29) is 0 Å². The van der Waals surface area contributed by atoms with Crippen LogP contribution in [-0.2, 0) is 19.7 Å². The highest BCUT2D eigenvalue weighted by atomic mass is 79.9. The van der Waals surface area contributed by atoms with E-state index < -0.39 is 0 Å². The van der Waals surface area contributed by atoms with Crippen molar-refractivity contribution in [1.29, 1.82) is 0 Å². The first-order valence-electron chi connectivity index (χ1n) is 4.01. The molecule has 0 fully saturated rings. The highest BCUT2D eigenvalue weighted by Gasteiger charge is 2.04. The van der Waals surface area contributed by atoms with E-state index in [1.54, 1.807) is 4.57 Å². The molecule has 0 radical (unpaired) electrons. The first-order chi connectivity index (χ1) is 6.68. The van der Waals surface area contributed by atoms with Gasteiger partial charge in [0.1, 0.15) is 0 Å². The van der Waals surface area contributed by atoms with Crippen LogP contribution in [0.1, 0.15) is 0 Å². The van der Waals surface area contributed by atoms with Gasteiger partial charge in [-0.2, -0.15) is 5.10 Å². The van der Waals surface area contributed by atoms with Crippen LogP contribution in [0.2, 0.25) is 0 Å². The molecule has 0 aliphatic rings. The van der Waals surface area contributed by atoms with Gasteiger partial charge in [-0.15, -0.1) is 5.10 Å². The summed E-state index contributed by atoms with van der Waals surface area (Å²) in [7, 11) is 1.86. The van der Waals surface area contributed by atoms with Crippen LogP contribution in [0.3, 0.4) is 0 Å². The number of nitrogens with zero attached hydrogens (tertiary/aromatic N) is 3. The third-order valence-corrected chi connectivity index (χ3v) is 2.77. The SMILES string of the molecule is Cn1c([S-])nnc1-c1cccc(Br)c1. The minimum atomic E-state index is 0.500. The number of benzene rings is 1. The van der Waals surface area contributed by atoms with Crippen molar-refractivity contribution in [1.82, 2.24) is 14.8 Å². The molecule has 0 aliphatic heterocycles. The molecular formula is C9H7BrN3S-. The van der Waals surface area contributed by atoms with Gasteiger partial charge in [0.15, 0.2) is 5.82 Å². The normalized spacial score (nSPS) is 10.4. The molecule has 14 heavy (non-hydrogen) atoms. The second-order valence-corrected chi connectivity index (χ2v) is 4.16. The number of hydrogen-bond acceptors (Lipinski definition) is 3. The Kier molecular flexibility index (Phi) is 2.52. The lowest BCUT2D eigenvalue weighted by molar-refractivity contribution is 0.797. The molecule has 1 aromatic heterocycles. The predicted molar refractivity (Wildman–Crippen MR) is 59.8 cm³/mol. The summed E-state index contributed by atoms with van der Waals surface area (Å²) in [4.78, 5) is 0. The Morgan fingerprint density at radius 2 is 2.14 bits per heavy atom. The largest absolute Gasteiger partial charge is 0.740 e. The topological polar surface area (TPSA) is 30.7 Å². The maximum atomic E-state index is 4.98. The predicted octanol–water partition coefficient (Wildman–Crippen LogP) is 2.15. The number of hydrogen-bond donors (Lipinski definition) is 0. The zero-order valence-electron chi connectivity index (χ0n) is 7.44. The molecule has 0 amide bonds. The molecule has 0 unspecified atom stereocenters. The summed E-state index contributed by atoms with van der Waals surface area (Å²) in [6.07, 6.45) is 0. The summed E-state index contributed by atoms with van der Waals surface area (Å²) in [6.45, 7) is 0. The first kappa shape index (κ1) is 9.61. The van der Waals surface area contributed by atoms with Crippen molar-refractivity contribution in [2.24, 2.45) is 7.05 Å². The zero-order valence-corrected chi connectivity index (χ0v) is 9.84. The molecule has 72 valence electrons. The van der Waals surface area contributed by atoms with Crippen molar-refractivity contribution < 1.29 is 0 Å². The molecule has 0 spiro atoms. The van der Waals surface area contributed by atoms with E-state index in [2.05, 4.69) is 26.1 Å². The quantitative estimate of drug-likeness (QED) is 0.743. The van der Waals surface area contributed by atoms with Gasteiger partial charge in [0.2, 0.25) is 0 Å². The van der Waals surface area contributed by atoms with Crippen molar-refractivity contribution in [2.75, 3.05) is 0 Å². The molecule has 3 nitrogen and oxygen atoms in total. The third kappa shape index (κ3) is 1.65. The monoisotopic (exact) mass is 268 g/mol. The molecule has 1 heterocycles. The van der Waals surface area contributed by atoms with Gasteiger partial charge in [-0.05, 0) is 12.1 Å². The minimum absolute atomic E-state index is 0.500. The minimum Gasteiger partial charge on any atom is -0.740 e. The number of aromatic nitrogens is 3. The van der Waals surface area contributed by atoms with Crippen LogP contribution < -0.4 is 0 Å². The van der Waals surface area contributed by atoms with Crippen LogP contribution in [0.25, 0.3) is 11.4 Å². The molecule has 0 saturated carbocycles. The van der Waals surface area contributed by atoms with Gasteiger partial charge in [0, 0.05) is 22.2 Å². The molecule has 2 aromatic rings. The van der Waals surface area contributed by atoms with E-state index in [1.807, 2.05) is 31.3 Å². The van der Waals surface area contributed by atoms with Crippen molar-refractivity contribution in [2.45, 2.75) is 5.16 Å². The standard InChI is InChI=1S/C9H8BrN3S/c1-13-8(11-12-9(13)14)6-3-2-4-7(10)5-6/h2-5H,1H3,(H,12,14)/p-1. The van der Waals surface area contributed by atoms with Crippen LogP contribution in [-0.4, -0.2) is 14.8 Å². The van der Waals surface area contributed by atoms with Gasteiger partial charge in [0.05, 0.1) is 0 Å². The Morgan fingerprint density at radius 1 is 1.36 bits per heavy atom. The Balaban J connectivity index is 2.55. The van der Waals surface area contributed by atoms with E-state index in [0.717, 1.165) is 15.9 Å². The van der Waals surface area contributed by atoms with Gasteiger partial charge in [-0.1, -0.05) is 28.1 Å². The van der Waals surface area contributed by atoms with Gasteiger partial charge >= 0.3 is 0 Å². The Labute approximate surface area is 95.7 Å². The summed E-state index contributed by atoms with van der Waals surface area (Å²) in [6, 6.07) is 7.88. The van der Waals surface area contributed by atoms with Gasteiger partial charge in [-0.3, -0.25) is 0 Å². The first-order valence-corrected chi connectivity index (χ1v) is 5.21. The molecule has 0 aliphatic carbocycles. The summed E-state index contributed by atoms with van der Waals surface area (Å²) in [5.74, 6) is 0.788. The average Bonchev–Trinajstić information content (AvgIpc) is 2.48. The summed E-state index contributed by atoms with van der Waals surface area (Å²) in [5.41, 5.74) is 1.01. The third-order valence-electron chi connectivity index (χ3n) is 1.92. The van der Waals surface area contributed by atoms with Crippen molar-refractivity contribution >= 4 is 28.6 Å². The van der Waals surface area contributed by atoms with Crippen LogP contribution in [0.15, 0.2) is 33.9 Å². The fraction of sp³-hybridized carbons (Fsp3) is 0.111. The summed E-state index contributed by atoms with van der Waals surface area (Å²) >= 11 is 8.39. The molecule has 0 atom stereocenters. The molecule has 0 N–H and O–H groups in total. The lowest BCUT2D eigenvalue weighted by atomic mass is 10.2. The highest BCUT2D eigenvalue weighted by molar-refractivity contribution is 9.10. The van der Waals surface area contributed by atoms with Crippen molar-refractivity contribution in [3.05, 3.63) is 28.7 Å². The van der Waals surface area contributed by atoms with E-state index in [9.17, 15) is 0 Å². The molecule has 0 saturated heterocycles. The molecule has 2 rings (SSSR count). The second-order valence-electron chi connectivity index (χ2n) is 2.88. The molecule has 1 aromatic carbocycles. The van der Waals surface area contributed by atoms with Crippen LogP contribution in [0.4, 0.5) is 0 Å². The fourth-order valence-electron chi connectivity index (χ4n) is 1.19. The molecule has 0 bridgehead atoms. The van der Waals surface area contributed by atoms with Crippen molar-refractivity contribution in [3.8, 4) is 11.4 Å². The van der Waals surface area contributed by atoms with Crippen LogP contribution in [0, 0.1) is 0 Å². The van der Waals surface area contributed by atoms with Crippen LogP contribution in [0.5, 0.6) is 0 Å². The molecular weight excluding hydrogens is 262 g/mol. The van der Waals surface area contributed by atoms with E-state index in [4.69, 9.17) is 12.6 Å². The maximum absolute atomic E-state index is 4.98. The number of rotatable bonds is 1. The summed E-state index contributed by atoms with van der Waals surface area (Å²) < 4.78 is 2.81. The highest BCUT2D eigenvalue weighted by Crippen LogP contribution is 2.21. The van der Waals surface area contributed by atoms with Crippen LogP contribution >= 0.6 is 15.9 Å². The van der Waals surface area contributed by atoms with E-state index in [0.29, 0.717) is 5.16 Å². The summed E-state index contributed by atoms with van der Waals surface area (Å²) in [5, 5.41) is 8.35. The van der Waals surface area contributed by atoms with Gasteiger partial charge in [-0.25, -0.2) is 0 Å². The zero-order chi connectivity index (χ0) is 10.1. The lowest BCUT2D eigenvalue weighted by Gasteiger charge is -2.06. The van der Waals surface area contributed by atoms with Crippen molar-refractivity contribution in [3.63, 3.8) is 0 Å². The van der Waals surface area contributed by atoms with Gasteiger partial charge in [0.25, 0.3) is 0 Å². The lowest BCUT2D eigenvalue weighted by Crippen LogP contribution is -1.94. The smallest absolute Gasteiger partial charge is 0.162 e. The Morgan fingerprint density at radius 3 is 2.71 bits per heavy atom. The Bertz CT molecular complexity index is 467. The van der Waals surface area contributed by atoms with Gasteiger partial charge < -0.3 is 17.2 Å². The number of halogens is 1. The molecule has 5 heteroatoms. The maximum Gasteiger partial charge on any atom is 0.162 e. The second kappa shape index (κ2) is 3.67. The Hall–Kier alpha value is -0.940. The van der Waals surface area contributed by atoms with E-state index >= 15 is 0 Å².